The summed E-state index contributed by atoms with van der Waals surface area (Å²) in [6, 6.07) is 38.8. The molecule has 0 aliphatic carbocycles. The van der Waals surface area contributed by atoms with E-state index in [1.807, 2.05) is 114 Å². The molecule has 0 radical (unpaired) electrons. The van der Waals surface area contributed by atoms with Crippen LogP contribution in [0.1, 0.15) is 87.1 Å². The summed E-state index contributed by atoms with van der Waals surface area (Å²) in [4.78, 5) is 65.9. The Morgan fingerprint density at radius 3 is 1.19 bits per heavy atom. The number of nitrogens with zero attached hydrogens (tertiary/aromatic N) is 8. The SMILES string of the molecule is CC(C)(C#N)c1ccc(-n2c(-c3cc(Cl)ccn3)c[nH]c2=O)cc1.CC(C)(C#N)c1ccc(-n2c(-c3cc(Cl)ccn3)c[nH]c2=O)cc1.CC(C)(C#N)c1ccc(CC(=O)CCC(=O)c2cc(Cl)ccn2)cc1.[I][V]([I])[I].[I][V]([I])[I].[I][V][I]. The van der Waals surface area contributed by atoms with Gasteiger partial charge in [0.25, 0.3) is 0 Å². The van der Waals surface area contributed by atoms with Crippen LogP contribution in [-0.2, 0) is 46.8 Å². The number of rotatable bonds is 13. The van der Waals surface area contributed by atoms with Crippen molar-refractivity contribution in [3.63, 3.8) is 0 Å². The van der Waals surface area contributed by atoms with Gasteiger partial charge in [-0.2, -0.15) is 15.8 Å². The number of nitrogens with one attached hydrogen (secondary N) is 2. The molecule has 3 aromatic carbocycles. The summed E-state index contributed by atoms with van der Waals surface area (Å²) >= 11 is 37.4. The van der Waals surface area contributed by atoms with Crippen LogP contribution in [0, 0.1) is 34.0 Å². The molecule has 5 heterocycles. The standard InChI is InChI=1S/C20H19ClN2O2.2C18H15ClN4O.8HI.3V/c1-20(2,13-22)15-5-3-14(4-6-15)11-17(24)7-8-19(25)18-12-16(21)9-10-23-18;2*1-18(2,11-20)12-3-5-14(6-4-12)23-16(10-22-17(23)24)15-9-13(19)7-8-21-15;;;;;;;;;;;/h3-6,9-10,12H,7-8,11H2,1-2H3;2*3-10H,1-2H3,(H,22,24);8*1H;;;/q;;;;;;;;;;;+2;2*+3/p-8. The molecule has 8 rings (SSSR count). The molecule has 5 aromatic heterocycles. The first kappa shape index (κ1) is 77.6. The van der Waals surface area contributed by atoms with Crippen LogP contribution in [0.2, 0.25) is 15.1 Å². The fraction of sp³-hybridized carbons (Fsp3) is 0.214. The molecule has 0 saturated heterocycles. The second kappa shape index (κ2) is 38.9. The number of nitriles is 3. The Kier molecular flexibility index (Phi) is 36.0. The second-order valence-corrected chi connectivity index (χ2v) is 103. The van der Waals surface area contributed by atoms with Gasteiger partial charge in [0.15, 0.2) is 5.78 Å². The maximum atomic E-state index is 12.2. The summed E-state index contributed by atoms with van der Waals surface area (Å²) in [5.74, 6) is -0.204. The van der Waals surface area contributed by atoms with Gasteiger partial charge in [-0.3, -0.25) is 33.7 Å². The van der Waals surface area contributed by atoms with E-state index in [4.69, 9.17) is 40.1 Å². The van der Waals surface area contributed by atoms with E-state index in [9.17, 15) is 29.7 Å². The number of hydrogen-bond acceptors (Lipinski definition) is 10. The van der Waals surface area contributed by atoms with Gasteiger partial charge in [-0.05, 0) is 124 Å². The fourth-order valence-corrected chi connectivity index (χ4v) is 7.74. The molecule has 0 fully saturated rings. The predicted octanol–water partition coefficient (Wildman–Crippen LogP) is 18.8. The number of hydrogen-bond donors (Lipinski definition) is 2. The van der Waals surface area contributed by atoms with Crippen LogP contribution in [0.4, 0.5) is 0 Å². The molecule has 0 saturated carbocycles. The number of benzene rings is 3. The van der Waals surface area contributed by atoms with Gasteiger partial charge >= 0.3 is 191 Å². The molecule has 0 spiro atoms. The molecule has 28 heteroatoms. The van der Waals surface area contributed by atoms with Crippen LogP contribution in [0.5, 0.6) is 0 Å². The zero-order chi connectivity index (χ0) is 63.0. The normalized spacial score (nSPS) is 10.7. The van der Waals surface area contributed by atoms with Crippen molar-refractivity contribution in [2.45, 2.75) is 77.0 Å². The summed E-state index contributed by atoms with van der Waals surface area (Å²) < 4.78 is 3.06. The third kappa shape index (κ3) is 26.3. The van der Waals surface area contributed by atoms with Crippen LogP contribution >= 0.6 is 195 Å². The third-order valence-electron chi connectivity index (χ3n) is 11.8. The first-order valence-electron chi connectivity index (χ1n) is 24.1. The van der Waals surface area contributed by atoms with Crippen molar-refractivity contribution in [1.29, 1.82) is 15.8 Å². The van der Waals surface area contributed by atoms with Gasteiger partial charge in [0.1, 0.15) is 11.5 Å². The number of halogens is 11. The summed E-state index contributed by atoms with van der Waals surface area (Å²) in [5, 5.41) is 29.2. The average molecular weight is 2200 g/mol. The summed E-state index contributed by atoms with van der Waals surface area (Å²) in [6.07, 6.45) is 8.42. The van der Waals surface area contributed by atoms with E-state index in [2.05, 4.69) is 203 Å². The van der Waals surface area contributed by atoms with Gasteiger partial charge in [-0.1, -0.05) is 83.3 Å². The molecule has 0 aliphatic heterocycles. The van der Waals surface area contributed by atoms with E-state index in [0.717, 1.165) is 22.3 Å². The first-order chi connectivity index (χ1) is 39.5. The minimum absolute atomic E-state index is 0.0114. The number of imidazole rings is 2. The molecule has 14 nitrogen and oxygen atoms in total. The summed E-state index contributed by atoms with van der Waals surface area (Å²) in [5.41, 5.74) is 5.40. The topological polar surface area (TPSA) is 220 Å². The van der Waals surface area contributed by atoms with Crippen LogP contribution in [0.15, 0.2) is 150 Å². The Balaban J connectivity index is 0.000000303. The van der Waals surface area contributed by atoms with Crippen molar-refractivity contribution < 1.29 is 28.9 Å². The quantitative estimate of drug-likeness (QED) is 0.0821. The molecule has 0 amide bonds. The van der Waals surface area contributed by atoms with Crippen LogP contribution < -0.4 is 11.4 Å². The van der Waals surface area contributed by atoms with Gasteiger partial charge in [0.2, 0.25) is 0 Å². The molecule has 8 aromatic rings. The summed E-state index contributed by atoms with van der Waals surface area (Å²) in [6.45, 7) is 11.1. The van der Waals surface area contributed by atoms with Crippen molar-refractivity contribution in [2.24, 2.45) is 0 Å². The number of Topliss-reactive ketones (excluding diaryl/α,β-unsaturated/α-hetero) is 2. The zero-order valence-electron chi connectivity index (χ0n) is 45.1. The van der Waals surface area contributed by atoms with Crippen molar-refractivity contribution >= 4 is 206 Å². The second-order valence-electron chi connectivity index (χ2n) is 18.8. The first-order valence-corrected chi connectivity index (χ1v) is 61.3. The van der Waals surface area contributed by atoms with Gasteiger partial charge in [0, 0.05) is 65.3 Å². The monoisotopic (exact) mass is 2200 g/mol. The molecule has 2 N–H and O–H groups in total. The molecule has 0 bridgehead atoms. The van der Waals surface area contributed by atoms with E-state index >= 15 is 0 Å². The zero-order valence-corrected chi connectivity index (χ0v) is 68.8. The van der Waals surface area contributed by atoms with Crippen LogP contribution in [0.25, 0.3) is 34.2 Å². The number of pyridine rings is 3. The molecule has 0 aliphatic rings. The summed E-state index contributed by atoms with van der Waals surface area (Å²) in [7, 11) is 0.628. The number of aromatic nitrogens is 7. The van der Waals surface area contributed by atoms with Gasteiger partial charge < -0.3 is 9.97 Å². The van der Waals surface area contributed by atoms with Crippen LogP contribution in [0.3, 0.4) is 0 Å². The van der Waals surface area contributed by atoms with E-state index in [-0.39, 0.29) is 57.7 Å². The number of ketones is 2. The van der Waals surface area contributed by atoms with Crippen LogP contribution in [-0.4, -0.2) is 45.6 Å². The predicted molar refractivity (Wildman–Crippen MR) is 395 cm³/mol. The van der Waals surface area contributed by atoms with Crippen molar-refractivity contribution in [1.82, 2.24) is 34.1 Å². The Bertz CT molecular complexity index is 3520. The van der Waals surface area contributed by atoms with Crippen molar-refractivity contribution in [2.75, 3.05) is 0 Å². The fourth-order valence-electron chi connectivity index (χ4n) is 7.26. The van der Waals surface area contributed by atoms with Gasteiger partial charge in [0.05, 0.1) is 68.6 Å². The molecular weight excluding hydrogens is 2150 g/mol. The number of aromatic amines is 2. The Hall–Kier alpha value is -0.597. The van der Waals surface area contributed by atoms with Crippen molar-refractivity contribution in [3.05, 3.63) is 204 Å². The Morgan fingerprint density at radius 2 is 0.869 bits per heavy atom. The maximum absolute atomic E-state index is 12.2. The number of carbonyl (C=O) groups is 2. The van der Waals surface area contributed by atoms with E-state index in [1.165, 1.54) is 21.4 Å². The minimum atomic E-state index is -0.584. The van der Waals surface area contributed by atoms with E-state index < -0.39 is 16.2 Å². The molecule has 84 heavy (non-hydrogen) atoms. The molecule has 0 atom stereocenters. The average Bonchev–Trinajstić information content (AvgIpc) is 2.72. The van der Waals surface area contributed by atoms with E-state index in [0.29, 0.717) is 58.7 Å². The van der Waals surface area contributed by atoms with Gasteiger partial charge in [-0.25, -0.2) is 9.59 Å². The third-order valence-corrected chi connectivity index (χ3v) is 12.5. The Morgan fingerprint density at radius 1 is 0.548 bits per heavy atom. The molecular formula is C56H49Cl3I8N10O4V3. The molecule has 0 unspecified atom stereocenters. The van der Waals surface area contributed by atoms with Crippen molar-refractivity contribution in [3.8, 4) is 52.4 Å². The number of H-pyrrole nitrogens is 2. The van der Waals surface area contributed by atoms with Gasteiger partial charge in [-0.15, -0.1) is 0 Å². The molecule has 439 valence electrons. The van der Waals surface area contributed by atoms with E-state index in [1.54, 1.807) is 55.1 Å². The number of carbonyl (C=O) groups excluding carboxylic acids is 2. The Labute approximate surface area is 608 Å².